The lowest BCUT2D eigenvalue weighted by atomic mass is 10.0. The Morgan fingerprint density at radius 1 is 1.00 bits per heavy atom. The van der Waals surface area contributed by atoms with E-state index >= 15 is 0 Å². The van der Waals surface area contributed by atoms with Crippen molar-refractivity contribution in [3.05, 3.63) is 54.1 Å². The number of benzene rings is 2. The highest BCUT2D eigenvalue weighted by atomic mass is 16.5. The third-order valence-electron chi connectivity index (χ3n) is 2.48. The predicted octanol–water partition coefficient (Wildman–Crippen LogP) is 3.08. The van der Waals surface area contributed by atoms with Crippen molar-refractivity contribution in [1.82, 2.24) is 0 Å². The van der Waals surface area contributed by atoms with Crippen molar-refractivity contribution in [2.45, 2.75) is 6.61 Å². The minimum atomic E-state index is 0.642. The number of methoxy groups -OCH3 is 1. The van der Waals surface area contributed by atoms with E-state index in [-0.39, 0.29) is 0 Å². The van der Waals surface area contributed by atoms with Gasteiger partial charge in [0.05, 0.1) is 6.61 Å². The van der Waals surface area contributed by atoms with Crippen LogP contribution in [0.15, 0.2) is 48.5 Å². The Balaban J connectivity index is 2.32. The molecule has 0 saturated carbocycles. The lowest BCUT2D eigenvalue weighted by Crippen LogP contribution is -1.88. The molecule has 2 N–H and O–H groups in total. The second-order valence-electron chi connectivity index (χ2n) is 3.76. The summed E-state index contributed by atoms with van der Waals surface area (Å²) in [5, 5.41) is 0. The van der Waals surface area contributed by atoms with Gasteiger partial charge in [-0.3, -0.25) is 0 Å². The summed E-state index contributed by atoms with van der Waals surface area (Å²) in [6.07, 6.45) is 0. The first-order valence-corrected chi connectivity index (χ1v) is 5.23. The highest BCUT2D eigenvalue weighted by Gasteiger charge is 1.98. The van der Waals surface area contributed by atoms with Crippen molar-refractivity contribution in [2.24, 2.45) is 0 Å². The molecule has 0 aromatic heterocycles. The molecule has 82 valence electrons. The summed E-state index contributed by atoms with van der Waals surface area (Å²) in [5.41, 5.74) is 9.99. The zero-order valence-corrected chi connectivity index (χ0v) is 9.31. The molecule has 2 heteroatoms. The van der Waals surface area contributed by atoms with Crippen molar-refractivity contribution >= 4 is 5.69 Å². The summed E-state index contributed by atoms with van der Waals surface area (Å²) in [6, 6.07) is 16.2. The molecule has 0 spiro atoms. The van der Waals surface area contributed by atoms with Crippen molar-refractivity contribution in [1.29, 1.82) is 0 Å². The van der Waals surface area contributed by atoms with E-state index in [0.717, 1.165) is 5.69 Å². The number of anilines is 1. The van der Waals surface area contributed by atoms with Crippen molar-refractivity contribution in [3.8, 4) is 11.1 Å². The van der Waals surface area contributed by atoms with Gasteiger partial charge < -0.3 is 10.5 Å². The number of nitrogen functional groups attached to an aromatic ring is 1. The fourth-order valence-corrected chi connectivity index (χ4v) is 1.68. The fourth-order valence-electron chi connectivity index (χ4n) is 1.68. The van der Waals surface area contributed by atoms with E-state index in [0.29, 0.717) is 6.61 Å². The van der Waals surface area contributed by atoms with Crippen LogP contribution < -0.4 is 5.73 Å². The van der Waals surface area contributed by atoms with E-state index < -0.39 is 0 Å². The molecular formula is C14H15NO. The average molecular weight is 213 g/mol. The molecule has 0 fully saturated rings. The Morgan fingerprint density at radius 3 is 2.44 bits per heavy atom. The minimum absolute atomic E-state index is 0.642. The normalized spacial score (nSPS) is 10.3. The SMILES string of the molecule is COCc1cccc(-c2ccc(N)cc2)c1. The van der Waals surface area contributed by atoms with Crippen molar-refractivity contribution in [2.75, 3.05) is 12.8 Å². The van der Waals surface area contributed by atoms with E-state index in [1.54, 1.807) is 7.11 Å². The van der Waals surface area contributed by atoms with Gasteiger partial charge >= 0.3 is 0 Å². The molecule has 0 bridgehead atoms. The van der Waals surface area contributed by atoms with Gasteiger partial charge in [0, 0.05) is 12.8 Å². The first-order valence-electron chi connectivity index (χ1n) is 5.23. The third kappa shape index (κ3) is 2.41. The van der Waals surface area contributed by atoms with Gasteiger partial charge in [-0.15, -0.1) is 0 Å². The first-order chi connectivity index (χ1) is 7.79. The Bertz CT molecular complexity index is 462. The monoisotopic (exact) mass is 213 g/mol. The minimum Gasteiger partial charge on any atom is -0.399 e. The van der Waals surface area contributed by atoms with Gasteiger partial charge in [-0.2, -0.15) is 0 Å². The lowest BCUT2D eigenvalue weighted by molar-refractivity contribution is 0.185. The Labute approximate surface area is 95.7 Å². The average Bonchev–Trinajstić information content (AvgIpc) is 2.31. The Kier molecular flexibility index (Phi) is 3.22. The van der Waals surface area contributed by atoms with Crippen molar-refractivity contribution < 1.29 is 4.74 Å². The Morgan fingerprint density at radius 2 is 1.75 bits per heavy atom. The molecule has 2 nitrogen and oxygen atoms in total. The maximum absolute atomic E-state index is 5.66. The van der Waals surface area contributed by atoms with Gasteiger partial charge in [-0.05, 0) is 34.9 Å². The van der Waals surface area contributed by atoms with Crippen LogP contribution in [-0.2, 0) is 11.3 Å². The number of rotatable bonds is 3. The van der Waals surface area contributed by atoms with E-state index in [2.05, 4.69) is 18.2 Å². The van der Waals surface area contributed by atoms with Crippen LogP contribution >= 0.6 is 0 Å². The summed E-state index contributed by atoms with van der Waals surface area (Å²) in [7, 11) is 1.70. The Hall–Kier alpha value is -1.80. The maximum atomic E-state index is 5.66. The summed E-state index contributed by atoms with van der Waals surface area (Å²) in [4.78, 5) is 0. The topological polar surface area (TPSA) is 35.2 Å². The summed E-state index contributed by atoms with van der Waals surface area (Å²) in [5.74, 6) is 0. The van der Waals surface area contributed by atoms with Crippen LogP contribution in [0.1, 0.15) is 5.56 Å². The van der Waals surface area contributed by atoms with E-state index in [1.807, 2.05) is 30.3 Å². The van der Waals surface area contributed by atoms with Gasteiger partial charge in [-0.1, -0.05) is 30.3 Å². The van der Waals surface area contributed by atoms with E-state index in [4.69, 9.17) is 10.5 Å². The molecule has 2 aromatic carbocycles. The predicted molar refractivity (Wildman–Crippen MR) is 67.0 cm³/mol. The zero-order valence-electron chi connectivity index (χ0n) is 9.31. The van der Waals surface area contributed by atoms with E-state index in [9.17, 15) is 0 Å². The van der Waals surface area contributed by atoms with Gasteiger partial charge in [0.15, 0.2) is 0 Å². The van der Waals surface area contributed by atoms with Crippen LogP contribution in [0.3, 0.4) is 0 Å². The van der Waals surface area contributed by atoms with Crippen LogP contribution in [0.2, 0.25) is 0 Å². The van der Waals surface area contributed by atoms with Crippen LogP contribution in [-0.4, -0.2) is 7.11 Å². The molecule has 0 atom stereocenters. The highest BCUT2D eigenvalue weighted by Crippen LogP contribution is 2.21. The molecule has 0 heterocycles. The standard InChI is InChI=1S/C14H15NO/c1-16-10-11-3-2-4-13(9-11)12-5-7-14(15)8-6-12/h2-9H,10,15H2,1H3. The molecule has 16 heavy (non-hydrogen) atoms. The van der Waals surface area contributed by atoms with Gasteiger partial charge in [0.2, 0.25) is 0 Å². The number of nitrogens with two attached hydrogens (primary N) is 1. The highest BCUT2D eigenvalue weighted by molar-refractivity contribution is 5.66. The molecule has 2 aromatic rings. The molecule has 0 radical (unpaired) electrons. The lowest BCUT2D eigenvalue weighted by Gasteiger charge is -2.05. The summed E-state index contributed by atoms with van der Waals surface area (Å²) < 4.78 is 5.12. The first kappa shape index (κ1) is 10.7. The van der Waals surface area contributed by atoms with Crippen LogP contribution in [0.5, 0.6) is 0 Å². The molecule has 0 saturated heterocycles. The maximum Gasteiger partial charge on any atom is 0.0713 e. The van der Waals surface area contributed by atoms with Gasteiger partial charge in [-0.25, -0.2) is 0 Å². The van der Waals surface area contributed by atoms with Gasteiger partial charge in [0.1, 0.15) is 0 Å². The third-order valence-corrected chi connectivity index (χ3v) is 2.48. The van der Waals surface area contributed by atoms with Crippen molar-refractivity contribution in [3.63, 3.8) is 0 Å². The summed E-state index contributed by atoms with van der Waals surface area (Å²) >= 11 is 0. The molecule has 0 unspecified atom stereocenters. The second-order valence-corrected chi connectivity index (χ2v) is 3.76. The van der Waals surface area contributed by atoms with Crippen LogP contribution in [0, 0.1) is 0 Å². The number of hydrogen-bond acceptors (Lipinski definition) is 2. The number of hydrogen-bond donors (Lipinski definition) is 1. The molecule has 0 aliphatic carbocycles. The molecule has 0 aliphatic rings. The van der Waals surface area contributed by atoms with Crippen LogP contribution in [0.4, 0.5) is 5.69 Å². The van der Waals surface area contributed by atoms with Gasteiger partial charge in [0.25, 0.3) is 0 Å². The molecule has 0 amide bonds. The van der Waals surface area contributed by atoms with E-state index in [1.165, 1.54) is 16.7 Å². The quantitative estimate of drug-likeness (QED) is 0.795. The largest absolute Gasteiger partial charge is 0.399 e. The zero-order chi connectivity index (χ0) is 11.4. The smallest absolute Gasteiger partial charge is 0.0713 e. The molecular weight excluding hydrogens is 198 g/mol. The second kappa shape index (κ2) is 4.81. The fraction of sp³-hybridized carbons (Fsp3) is 0.143. The van der Waals surface area contributed by atoms with Crippen LogP contribution in [0.25, 0.3) is 11.1 Å². The molecule has 2 rings (SSSR count). The molecule has 0 aliphatic heterocycles. The number of ether oxygens (including phenoxy) is 1. The summed E-state index contributed by atoms with van der Waals surface area (Å²) in [6.45, 7) is 0.642.